The summed E-state index contributed by atoms with van der Waals surface area (Å²) in [6, 6.07) is 16.2. The lowest BCUT2D eigenvalue weighted by atomic mass is 10.2. The Labute approximate surface area is 187 Å². The van der Waals surface area contributed by atoms with Crippen molar-refractivity contribution in [3.8, 4) is 11.8 Å². The molecule has 0 saturated heterocycles. The molecule has 0 saturated carbocycles. The van der Waals surface area contributed by atoms with Crippen LogP contribution < -0.4 is 10.1 Å². The summed E-state index contributed by atoms with van der Waals surface area (Å²) in [6.07, 6.45) is 0. The Bertz CT molecular complexity index is 1160. The number of esters is 1. The highest BCUT2D eigenvalue weighted by atomic mass is 79.9. The Morgan fingerprint density at radius 2 is 1.94 bits per heavy atom. The second-order valence-corrected chi connectivity index (χ2v) is 7.55. The third-order valence-electron chi connectivity index (χ3n) is 4.47. The number of carbonyl (C=O) groups excluding carboxylic acids is 2. The number of hydrogen-bond acceptors (Lipinski definition) is 6. The molecule has 1 N–H and O–H groups in total. The molecule has 158 valence electrons. The summed E-state index contributed by atoms with van der Waals surface area (Å²) in [5, 5.41) is 11.7. The third kappa shape index (κ3) is 5.53. The van der Waals surface area contributed by atoms with E-state index in [0.717, 1.165) is 10.0 Å². The molecule has 0 bridgehead atoms. The third-order valence-corrected chi connectivity index (χ3v) is 4.97. The lowest BCUT2D eigenvalue weighted by Crippen LogP contribution is -2.21. The minimum Gasteiger partial charge on any atom is -0.488 e. The number of nitrogens with zero attached hydrogens (tertiary/aromatic N) is 1. The molecule has 7 nitrogen and oxygen atoms in total. The highest BCUT2D eigenvalue weighted by molar-refractivity contribution is 9.10. The monoisotopic (exact) mass is 482 g/mol. The van der Waals surface area contributed by atoms with E-state index in [0.29, 0.717) is 17.1 Å². The first-order valence-corrected chi connectivity index (χ1v) is 10.1. The summed E-state index contributed by atoms with van der Waals surface area (Å²) < 4.78 is 17.2. The van der Waals surface area contributed by atoms with Crippen molar-refractivity contribution >= 4 is 33.7 Å². The van der Waals surface area contributed by atoms with Crippen molar-refractivity contribution in [3.05, 3.63) is 81.0 Å². The molecule has 0 unspecified atom stereocenters. The quantitative estimate of drug-likeness (QED) is 0.480. The van der Waals surface area contributed by atoms with Gasteiger partial charge >= 0.3 is 5.97 Å². The molecule has 0 aliphatic heterocycles. The Balaban J connectivity index is 1.61. The molecular weight excluding hydrogens is 464 g/mol. The molecule has 1 aromatic heterocycles. The fourth-order valence-corrected chi connectivity index (χ4v) is 3.22. The number of anilines is 1. The van der Waals surface area contributed by atoms with E-state index in [9.17, 15) is 14.9 Å². The zero-order valence-electron chi connectivity index (χ0n) is 16.9. The smallest absolute Gasteiger partial charge is 0.342 e. The van der Waals surface area contributed by atoms with Crippen molar-refractivity contribution in [1.29, 1.82) is 5.26 Å². The predicted octanol–water partition coefficient (Wildman–Crippen LogP) is 4.91. The molecule has 0 aliphatic carbocycles. The minimum atomic E-state index is -0.702. The van der Waals surface area contributed by atoms with Crippen LogP contribution in [0.3, 0.4) is 0 Å². The average Bonchev–Trinajstić information content (AvgIpc) is 3.03. The zero-order valence-corrected chi connectivity index (χ0v) is 18.5. The van der Waals surface area contributed by atoms with Crippen LogP contribution in [0.15, 0.2) is 57.4 Å². The van der Waals surface area contributed by atoms with Crippen LogP contribution in [0.25, 0.3) is 0 Å². The second-order valence-electron chi connectivity index (χ2n) is 6.64. The van der Waals surface area contributed by atoms with E-state index < -0.39 is 18.5 Å². The molecule has 0 fully saturated rings. The Morgan fingerprint density at radius 3 is 2.68 bits per heavy atom. The number of hydrogen-bond donors (Lipinski definition) is 1. The largest absolute Gasteiger partial charge is 0.488 e. The maximum Gasteiger partial charge on any atom is 0.342 e. The Kier molecular flexibility index (Phi) is 7.11. The van der Waals surface area contributed by atoms with Crippen molar-refractivity contribution in [1.82, 2.24) is 0 Å². The first-order chi connectivity index (χ1) is 14.9. The molecule has 0 spiro atoms. The summed E-state index contributed by atoms with van der Waals surface area (Å²) in [6.45, 7) is 3.13. The fourth-order valence-electron chi connectivity index (χ4n) is 2.77. The summed E-state index contributed by atoms with van der Waals surface area (Å²) in [4.78, 5) is 24.7. The van der Waals surface area contributed by atoms with Crippen LogP contribution >= 0.6 is 15.9 Å². The highest BCUT2D eigenvalue weighted by Crippen LogP contribution is 2.25. The van der Waals surface area contributed by atoms with E-state index >= 15 is 0 Å². The summed E-state index contributed by atoms with van der Waals surface area (Å²) >= 11 is 3.41. The first kappa shape index (κ1) is 22.1. The first-order valence-electron chi connectivity index (χ1n) is 9.32. The molecule has 1 heterocycles. The van der Waals surface area contributed by atoms with Crippen LogP contribution in [0.1, 0.15) is 32.8 Å². The van der Waals surface area contributed by atoms with Gasteiger partial charge in [0.15, 0.2) is 6.61 Å². The number of carbonyl (C=O) groups is 2. The molecule has 8 heteroatoms. The molecule has 0 atom stereocenters. The van der Waals surface area contributed by atoms with E-state index in [1.54, 1.807) is 38.1 Å². The number of furan rings is 1. The standard InChI is InChI=1S/C23H19BrN2O5/c1-14-15(2)31-22(19(14)11-25)26-21(27)13-30-23(28)18-8-3-4-9-20(18)29-12-16-6-5-7-17(24)10-16/h3-10H,12-13H2,1-2H3,(H,26,27). The van der Waals surface area contributed by atoms with Crippen LogP contribution in [0.4, 0.5) is 5.88 Å². The molecule has 2 aromatic carbocycles. The SMILES string of the molecule is Cc1oc(NC(=O)COC(=O)c2ccccc2OCc2cccc(Br)c2)c(C#N)c1C. The number of para-hydroxylation sites is 1. The van der Waals surface area contributed by atoms with Crippen LogP contribution in [0, 0.1) is 25.2 Å². The number of ether oxygens (including phenoxy) is 2. The van der Waals surface area contributed by atoms with Gasteiger partial charge in [-0.15, -0.1) is 0 Å². The summed E-state index contributed by atoms with van der Waals surface area (Å²) in [7, 11) is 0. The molecular formula is C23H19BrN2O5. The number of halogens is 1. The highest BCUT2D eigenvalue weighted by Gasteiger charge is 2.19. The van der Waals surface area contributed by atoms with Crippen molar-refractivity contribution < 1.29 is 23.5 Å². The molecule has 0 aliphatic rings. The van der Waals surface area contributed by atoms with Crippen molar-refractivity contribution in [2.24, 2.45) is 0 Å². The summed E-state index contributed by atoms with van der Waals surface area (Å²) in [5.74, 6) is -0.410. The van der Waals surface area contributed by atoms with Gasteiger partial charge in [0, 0.05) is 10.0 Å². The van der Waals surface area contributed by atoms with E-state index in [1.807, 2.05) is 30.3 Å². The average molecular weight is 483 g/mol. The van der Waals surface area contributed by atoms with Gasteiger partial charge in [-0.25, -0.2) is 4.79 Å². The van der Waals surface area contributed by atoms with E-state index in [1.165, 1.54) is 0 Å². The lowest BCUT2D eigenvalue weighted by Gasteiger charge is -2.11. The van der Waals surface area contributed by atoms with Gasteiger partial charge in [0.05, 0.1) is 0 Å². The van der Waals surface area contributed by atoms with Gasteiger partial charge in [0.1, 0.15) is 35.3 Å². The van der Waals surface area contributed by atoms with E-state index in [4.69, 9.17) is 13.9 Å². The van der Waals surface area contributed by atoms with Gasteiger partial charge in [-0.3, -0.25) is 10.1 Å². The topological polar surface area (TPSA) is 102 Å². The molecule has 1 amide bonds. The van der Waals surface area contributed by atoms with Crippen molar-refractivity contribution in [3.63, 3.8) is 0 Å². The Hall–Kier alpha value is -3.57. The van der Waals surface area contributed by atoms with Crippen LogP contribution in [-0.2, 0) is 16.1 Å². The maximum absolute atomic E-state index is 12.5. The predicted molar refractivity (Wildman–Crippen MR) is 117 cm³/mol. The zero-order chi connectivity index (χ0) is 22.4. The molecule has 31 heavy (non-hydrogen) atoms. The van der Waals surface area contributed by atoms with Gasteiger partial charge < -0.3 is 13.9 Å². The van der Waals surface area contributed by atoms with Gasteiger partial charge in [-0.2, -0.15) is 5.26 Å². The Morgan fingerprint density at radius 1 is 1.16 bits per heavy atom. The summed E-state index contributed by atoms with van der Waals surface area (Å²) in [5.41, 5.74) is 2.01. The van der Waals surface area contributed by atoms with Crippen LogP contribution in [-0.4, -0.2) is 18.5 Å². The minimum absolute atomic E-state index is 0.0382. The number of rotatable bonds is 7. The number of benzene rings is 2. The van der Waals surface area contributed by atoms with Crippen molar-refractivity contribution in [2.75, 3.05) is 11.9 Å². The molecule has 3 rings (SSSR count). The van der Waals surface area contributed by atoms with Gasteiger partial charge in [-0.1, -0.05) is 40.2 Å². The van der Waals surface area contributed by atoms with Gasteiger partial charge in [-0.05, 0) is 43.7 Å². The van der Waals surface area contributed by atoms with Gasteiger partial charge in [0.25, 0.3) is 5.91 Å². The fraction of sp³-hybridized carbons (Fsp3) is 0.174. The number of nitriles is 1. The molecule has 3 aromatic rings. The molecule has 0 radical (unpaired) electrons. The lowest BCUT2D eigenvalue weighted by molar-refractivity contribution is -0.119. The number of amides is 1. The number of nitrogens with one attached hydrogen (secondary N) is 1. The second kappa shape index (κ2) is 9.96. The van der Waals surface area contributed by atoms with Crippen LogP contribution in [0.5, 0.6) is 5.75 Å². The maximum atomic E-state index is 12.5. The van der Waals surface area contributed by atoms with Gasteiger partial charge in [0.2, 0.25) is 5.88 Å². The van der Waals surface area contributed by atoms with Crippen molar-refractivity contribution in [2.45, 2.75) is 20.5 Å². The van der Waals surface area contributed by atoms with E-state index in [-0.39, 0.29) is 23.6 Å². The van der Waals surface area contributed by atoms with Crippen LogP contribution in [0.2, 0.25) is 0 Å². The normalized spacial score (nSPS) is 10.3. The van der Waals surface area contributed by atoms with E-state index in [2.05, 4.69) is 21.2 Å². The number of aryl methyl sites for hydroxylation is 1.